The molecule has 2 fully saturated rings. The second-order valence-corrected chi connectivity index (χ2v) is 9.28. The molecule has 0 aliphatic heterocycles. The van der Waals surface area contributed by atoms with Crippen molar-refractivity contribution in [2.45, 2.75) is 84.0 Å². The van der Waals surface area contributed by atoms with Gasteiger partial charge in [-0.3, -0.25) is 0 Å². The zero-order chi connectivity index (χ0) is 18.3. The van der Waals surface area contributed by atoms with E-state index in [1.165, 1.54) is 0 Å². The summed E-state index contributed by atoms with van der Waals surface area (Å²) in [5, 5.41) is 40.4. The highest BCUT2D eigenvalue weighted by Crippen LogP contribution is 2.63. The highest BCUT2D eigenvalue weighted by molar-refractivity contribution is 5.11. The lowest BCUT2D eigenvalue weighted by atomic mass is 9.44. The van der Waals surface area contributed by atoms with Gasteiger partial charge in [-0.05, 0) is 73.7 Å². The van der Waals surface area contributed by atoms with Crippen LogP contribution in [0.2, 0.25) is 0 Å². The Morgan fingerprint density at radius 2 is 1.79 bits per heavy atom. The molecule has 0 bridgehead atoms. The van der Waals surface area contributed by atoms with Gasteiger partial charge in [-0.25, -0.2) is 0 Å². The van der Waals surface area contributed by atoms with Crippen molar-refractivity contribution in [2.75, 3.05) is 6.61 Å². The fourth-order valence-electron chi connectivity index (χ4n) is 5.78. The minimum atomic E-state index is -0.883. The van der Waals surface area contributed by atoms with Crippen molar-refractivity contribution in [3.8, 4) is 0 Å². The molecule has 4 N–H and O–H groups in total. The average molecular weight is 341 g/mol. The second kappa shape index (κ2) is 6.71. The van der Waals surface area contributed by atoms with E-state index in [-0.39, 0.29) is 29.5 Å². The molecule has 6 atom stereocenters. The molecule has 0 unspecified atom stereocenters. The van der Waals surface area contributed by atoms with E-state index in [1.54, 1.807) is 0 Å². The lowest BCUT2D eigenvalue weighted by Crippen LogP contribution is -2.60. The van der Waals surface area contributed by atoms with Gasteiger partial charge in [0.2, 0.25) is 0 Å². The Morgan fingerprint density at radius 3 is 2.38 bits per heavy atom. The van der Waals surface area contributed by atoms with E-state index in [9.17, 15) is 15.3 Å². The molecule has 4 heteroatoms. The first kappa shape index (κ1) is 19.9. The zero-order valence-corrected chi connectivity index (χ0v) is 15.8. The predicted molar refractivity (Wildman–Crippen MR) is 95.4 cm³/mol. The molecule has 0 aromatic heterocycles. The summed E-state index contributed by atoms with van der Waals surface area (Å²) in [7, 11) is 0. The van der Waals surface area contributed by atoms with Crippen LogP contribution >= 0.6 is 0 Å². The standard InChI is InChI=1S/C20H36O4/c1-13(14(22)12-21)6-7-16-19(4)10-9-17(23)18(2,3)15(19)8-11-20(16,5)24/h14-17,21-24H,1,6-12H2,2-5H3/t14-,15+,16-,17+,19-,20+/m1/s1. The van der Waals surface area contributed by atoms with Crippen LogP contribution in [0.1, 0.15) is 66.2 Å². The summed E-state index contributed by atoms with van der Waals surface area (Å²) in [5.74, 6) is 0.466. The maximum absolute atomic E-state index is 11.1. The summed E-state index contributed by atoms with van der Waals surface area (Å²) in [4.78, 5) is 0. The third kappa shape index (κ3) is 3.31. The normalized spacial score (nSPS) is 43.1. The third-order valence-corrected chi connectivity index (χ3v) is 7.39. The number of hydrogen-bond donors (Lipinski definition) is 4. The van der Waals surface area contributed by atoms with Gasteiger partial charge in [-0.15, -0.1) is 0 Å². The van der Waals surface area contributed by atoms with Gasteiger partial charge in [0.1, 0.15) is 0 Å². The number of rotatable bonds is 5. The van der Waals surface area contributed by atoms with E-state index < -0.39 is 11.7 Å². The topological polar surface area (TPSA) is 80.9 Å². The van der Waals surface area contributed by atoms with E-state index in [0.717, 1.165) is 32.1 Å². The molecule has 4 nitrogen and oxygen atoms in total. The maximum atomic E-state index is 11.1. The van der Waals surface area contributed by atoms with Crippen molar-refractivity contribution >= 4 is 0 Å². The van der Waals surface area contributed by atoms with Crippen LogP contribution in [0, 0.1) is 22.7 Å². The number of aliphatic hydroxyl groups is 4. The summed E-state index contributed by atoms with van der Waals surface area (Å²) in [5.41, 5.74) is -0.291. The second-order valence-electron chi connectivity index (χ2n) is 9.28. The molecule has 2 aliphatic carbocycles. The van der Waals surface area contributed by atoms with E-state index in [2.05, 4.69) is 27.4 Å². The van der Waals surface area contributed by atoms with Crippen molar-refractivity contribution in [3.63, 3.8) is 0 Å². The van der Waals surface area contributed by atoms with Crippen LogP contribution in [0.25, 0.3) is 0 Å². The molecule has 2 saturated carbocycles. The Hall–Kier alpha value is -0.420. The summed E-state index contributed by atoms with van der Waals surface area (Å²) < 4.78 is 0. The monoisotopic (exact) mass is 340 g/mol. The summed E-state index contributed by atoms with van der Waals surface area (Å²) >= 11 is 0. The number of hydrogen-bond acceptors (Lipinski definition) is 4. The lowest BCUT2D eigenvalue weighted by Gasteiger charge is -2.62. The van der Waals surface area contributed by atoms with Gasteiger partial charge in [-0.2, -0.15) is 0 Å². The van der Waals surface area contributed by atoms with E-state index in [1.807, 2.05) is 6.92 Å². The van der Waals surface area contributed by atoms with Crippen molar-refractivity contribution in [3.05, 3.63) is 12.2 Å². The minimum absolute atomic E-state index is 0.0328. The Balaban J connectivity index is 2.24. The van der Waals surface area contributed by atoms with Gasteiger partial charge in [0.25, 0.3) is 0 Å². The molecular formula is C20H36O4. The molecule has 2 aliphatic rings. The first-order valence-corrected chi connectivity index (χ1v) is 9.34. The molecule has 2 rings (SSSR count). The molecule has 0 heterocycles. The number of fused-ring (bicyclic) bond motifs is 1. The molecule has 24 heavy (non-hydrogen) atoms. The molecule has 0 aromatic rings. The van der Waals surface area contributed by atoms with Crippen LogP contribution in [0.4, 0.5) is 0 Å². The fraction of sp³-hybridized carbons (Fsp3) is 0.900. The predicted octanol–water partition coefficient (Wildman–Crippen LogP) is 2.64. The van der Waals surface area contributed by atoms with Crippen LogP contribution in [-0.2, 0) is 0 Å². The molecule has 0 spiro atoms. The average Bonchev–Trinajstić information content (AvgIpc) is 2.49. The highest BCUT2D eigenvalue weighted by Gasteiger charge is 2.59. The first-order valence-electron chi connectivity index (χ1n) is 9.34. The van der Waals surface area contributed by atoms with E-state index in [4.69, 9.17) is 5.11 Å². The molecule has 140 valence electrons. The Kier molecular flexibility index (Phi) is 5.57. The molecule has 0 amide bonds. The summed E-state index contributed by atoms with van der Waals surface area (Å²) in [6, 6.07) is 0. The van der Waals surface area contributed by atoms with Gasteiger partial charge >= 0.3 is 0 Å². The van der Waals surface area contributed by atoms with Gasteiger partial charge < -0.3 is 20.4 Å². The van der Waals surface area contributed by atoms with Gasteiger partial charge in [-0.1, -0.05) is 27.4 Å². The lowest BCUT2D eigenvalue weighted by molar-refractivity contribution is -0.195. The maximum Gasteiger partial charge on any atom is 0.0978 e. The third-order valence-electron chi connectivity index (χ3n) is 7.39. The van der Waals surface area contributed by atoms with Crippen molar-refractivity contribution in [1.82, 2.24) is 0 Å². The summed E-state index contributed by atoms with van der Waals surface area (Å²) in [6.45, 7) is 12.1. The minimum Gasteiger partial charge on any atom is -0.393 e. The Labute approximate surface area is 146 Å². The fourth-order valence-corrected chi connectivity index (χ4v) is 5.78. The van der Waals surface area contributed by atoms with Crippen LogP contribution in [0.3, 0.4) is 0 Å². The zero-order valence-electron chi connectivity index (χ0n) is 15.8. The van der Waals surface area contributed by atoms with Crippen LogP contribution in [-0.4, -0.2) is 44.8 Å². The van der Waals surface area contributed by atoms with Crippen molar-refractivity contribution < 1.29 is 20.4 Å². The van der Waals surface area contributed by atoms with Gasteiger partial charge in [0, 0.05) is 0 Å². The number of aliphatic hydroxyl groups excluding tert-OH is 3. The molecular weight excluding hydrogens is 304 g/mol. The Bertz CT molecular complexity index is 470. The molecule has 0 aromatic carbocycles. The van der Waals surface area contributed by atoms with E-state index >= 15 is 0 Å². The highest BCUT2D eigenvalue weighted by atomic mass is 16.3. The smallest absolute Gasteiger partial charge is 0.0978 e. The van der Waals surface area contributed by atoms with Gasteiger partial charge in [0.15, 0.2) is 0 Å². The van der Waals surface area contributed by atoms with E-state index in [0.29, 0.717) is 17.9 Å². The quantitative estimate of drug-likeness (QED) is 0.580. The van der Waals surface area contributed by atoms with Crippen molar-refractivity contribution in [1.29, 1.82) is 0 Å². The molecule has 0 radical (unpaired) electrons. The molecule has 0 saturated heterocycles. The van der Waals surface area contributed by atoms with Crippen molar-refractivity contribution in [2.24, 2.45) is 22.7 Å². The van der Waals surface area contributed by atoms with Gasteiger partial charge in [0.05, 0.1) is 24.4 Å². The SMILES string of the molecule is C=C(CC[C@@H]1[C@]2(C)CC[C@H](O)C(C)(C)[C@@H]2CC[C@]1(C)O)[C@H](O)CO. The van der Waals surface area contributed by atoms with Crippen LogP contribution in [0.15, 0.2) is 12.2 Å². The van der Waals surface area contributed by atoms with Crippen LogP contribution < -0.4 is 0 Å². The summed E-state index contributed by atoms with van der Waals surface area (Å²) in [6.07, 6.45) is 3.55. The largest absolute Gasteiger partial charge is 0.393 e. The Morgan fingerprint density at radius 1 is 1.17 bits per heavy atom. The van der Waals surface area contributed by atoms with Crippen LogP contribution in [0.5, 0.6) is 0 Å². The first-order chi connectivity index (χ1) is 11.0.